The number of hydrogen-bond donors (Lipinski definition) is 4. The van der Waals surface area contributed by atoms with Gasteiger partial charge in [-0.05, 0) is 91.2 Å². The Morgan fingerprint density at radius 3 is 2.21 bits per heavy atom. The second kappa shape index (κ2) is 15.9. The maximum absolute atomic E-state index is 12.3. The monoisotopic (exact) mass is 584 g/mol. The molecule has 0 spiro atoms. The molecule has 1 atom stereocenters. The number of carboxylic acids is 1. The lowest BCUT2D eigenvalue weighted by molar-refractivity contribution is -0.191. The topological polar surface area (TPSA) is 137 Å². The number of aliphatic carboxylic acids is 1. The van der Waals surface area contributed by atoms with E-state index in [2.05, 4.69) is 39.4 Å². The van der Waals surface area contributed by atoms with Gasteiger partial charge >= 0.3 is 18.2 Å². The van der Waals surface area contributed by atoms with Gasteiger partial charge in [-0.3, -0.25) is 9.78 Å². The number of hydrogen-bond acceptors (Lipinski definition) is 7. The van der Waals surface area contributed by atoms with Crippen molar-refractivity contribution in [1.29, 1.82) is 0 Å². The summed E-state index contributed by atoms with van der Waals surface area (Å²) in [6.45, 7) is 6.47. The highest BCUT2D eigenvalue weighted by Gasteiger charge is 2.19. The molecule has 0 aliphatic rings. The van der Waals surface area contributed by atoms with E-state index in [9.17, 15) is 14.7 Å². The first-order chi connectivity index (χ1) is 20.2. The quantitative estimate of drug-likeness (QED) is 0.174. The Hall–Kier alpha value is -4.76. The van der Waals surface area contributed by atoms with E-state index in [1.54, 1.807) is 6.20 Å². The minimum absolute atomic E-state index is 0.250. The first-order valence-electron chi connectivity index (χ1n) is 13.1. The largest absolute Gasteiger partial charge is 0.480 e. The number of anilines is 1. The lowest BCUT2D eigenvalue weighted by Crippen LogP contribution is -2.34. The summed E-state index contributed by atoms with van der Waals surface area (Å²) < 4.78 is 3.14. The van der Waals surface area contributed by atoms with Crippen LogP contribution in [0.3, 0.4) is 0 Å². The van der Waals surface area contributed by atoms with Gasteiger partial charge < -0.3 is 15.7 Å². The fourth-order valence-electron chi connectivity index (χ4n) is 4.33. The standard InChI is InChI=1S/C31H32N4O3S.CO2/c1-20-15-21(2)29(22(3)16-20)39-35-28(30(36)37)17-23-10-12-24(13-11-23)25-7-6-9-26(18-25)34-31(38)33-19-27-8-4-5-14-32-27;2-1-3/h4-16,18,28,35H,17,19H2,1-3H3,(H,36,37)(H2,33,34,38);. The van der Waals surface area contributed by atoms with Gasteiger partial charge in [0.15, 0.2) is 0 Å². The Morgan fingerprint density at radius 2 is 1.60 bits per heavy atom. The molecule has 9 nitrogen and oxygen atoms in total. The van der Waals surface area contributed by atoms with E-state index in [-0.39, 0.29) is 12.2 Å². The van der Waals surface area contributed by atoms with E-state index in [1.807, 2.05) is 80.6 Å². The molecule has 0 saturated carbocycles. The molecule has 2 amide bonds. The number of aryl methyl sites for hydroxylation is 3. The molecule has 4 N–H and O–H groups in total. The van der Waals surface area contributed by atoms with E-state index in [4.69, 9.17) is 9.59 Å². The Balaban J connectivity index is 0.00000155. The summed E-state index contributed by atoms with van der Waals surface area (Å²) >= 11 is 1.37. The van der Waals surface area contributed by atoms with Gasteiger partial charge in [-0.15, -0.1) is 0 Å². The molecule has 1 aromatic heterocycles. The summed E-state index contributed by atoms with van der Waals surface area (Å²) in [5.74, 6) is -0.894. The molecule has 10 heteroatoms. The van der Waals surface area contributed by atoms with Crippen LogP contribution in [-0.4, -0.2) is 34.3 Å². The zero-order chi connectivity index (χ0) is 30.5. The van der Waals surface area contributed by atoms with Gasteiger partial charge in [0, 0.05) is 16.8 Å². The molecule has 3 aromatic carbocycles. The summed E-state index contributed by atoms with van der Waals surface area (Å²) in [7, 11) is 0. The van der Waals surface area contributed by atoms with Crippen molar-refractivity contribution in [2.24, 2.45) is 0 Å². The summed E-state index contributed by atoms with van der Waals surface area (Å²) in [5, 5.41) is 15.5. The number of carbonyl (C=O) groups excluding carboxylic acids is 3. The van der Waals surface area contributed by atoms with E-state index in [1.165, 1.54) is 17.5 Å². The van der Waals surface area contributed by atoms with Crippen LogP contribution >= 0.6 is 11.9 Å². The number of rotatable bonds is 10. The molecule has 216 valence electrons. The summed E-state index contributed by atoms with van der Waals surface area (Å²) in [5.41, 5.74) is 7.72. The van der Waals surface area contributed by atoms with Gasteiger partial charge in [0.1, 0.15) is 6.04 Å². The number of pyridine rings is 1. The van der Waals surface area contributed by atoms with Crippen molar-refractivity contribution in [3.8, 4) is 11.1 Å². The molecular weight excluding hydrogens is 552 g/mol. The summed E-state index contributed by atoms with van der Waals surface area (Å²) in [6.07, 6.45) is 2.29. The van der Waals surface area contributed by atoms with Gasteiger partial charge in [-0.1, -0.05) is 60.2 Å². The van der Waals surface area contributed by atoms with E-state index < -0.39 is 12.0 Å². The number of aromatic nitrogens is 1. The Bertz CT molecular complexity index is 1520. The van der Waals surface area contributed by atoms with Gasteiger partial charge in [0.2, 0.25) is 0 Å². The zero-order valence-electron chi connectivity index (χ0n) is 23.5. The fourth-order valence-corrected chi connectivity index (χ4v) is 5.22. The van der Waals surface area contributed by atoms with Crippen molar-refractivity contribution in [2.75, 3.05) is 5.32 Å². The molecule has 1 heterocycles. The fraction of sp³-hybridized carbons (Fsp3) is 0.188. The van der Waals surface area contributed by atoms with Crippen LogP contribution in [0.2, 0.25) is 0 Å². The van der Waals surface area contributed by atoms with E-state index in [0.29, 0.717) is 18.7 Å². The molecular formula is C32H32N4O5S. The molecule has 0 bridgehead atoms. The van der Waals surface area contributed by atoms with Crippen molar-refractivity contribution in [2.45, 2.75) is 44.7 Å². The third-order valence-corrected chi connectivity index (χ3v) is 7.46. The van der Waals surface area contributed by atoms with Crippen LogP contribution in [0.4, 0.5) is 10.5 Å². The van der Waals surface area contributed by atoms with Crippen molar-refractivity contribution >= 4 is 35.8 Å². The molecule has 0 aliphatic heterocycles. The Labute approximate surface area is 248 Å². The first-order valence-corrected chi connectivity index (χ1v) is 13.9. The SMILES string of the molecule is Cc1cc(C)c(SNC(Cc2ccc(-c3cccc(NC(=O)NCc4ccccn4)c3)cc2)C(=O)O)c(C)c1.O=C=O. The van der Waals surface area contributed by atoms with Crippen LogP contribution in [0.5, 0.6) is 0 Å². The minimum Gasteiger partial charge on any atom is -0.480 e. The lowest BCUT2D eigenvalue weighted by Gasteiger charge is -2.17. The van der Waals surface area contributed by atoms with Gasteiger partial charge in [0.05, 0.1) is 12.2 Å². The zero-order valence-corrected chi connectivity index (χ0v) is 24.3. The molecule has 0 fully saturated rings. The third-order valence-electron chi connectivity index (χ3n) is 6.21. The third kappa shape index (κ3) is 9.71. The smallest absolute Gasteiger partial charge is 0.373 e. The predicted molar refractivity (Wildman–Crippen MR) is 162 cm³/mol. The van der Waals surface area contributed by atoms with Crippen molar-refractivity contribution in [3.63, 3.8) is 0 Å². The summed E-state index contributed by atoms with van der Waals surface area (Å²) in [6, 6.07) is 24.1. The summed E-state index contributed by atoms with van der Waals surface area (Å²) in [4.78, 5) is 45.8. The number of urea groups is 1. The highest BCUT2D eigenvalue weighted by atomic mass is 32.2. The lowest BCUT2D eigenvalue weighted by atomic mass is 10.0. The molecule has 4 aromatic rings. The second-order valence-corrected chi connectivity index (χ2v) is 10.4. The average Bonchev–Trinajstić information content (AvgIpc) is 2.96. The van der Waals surface area contributed by atoms with Gasteiger partial charge in [-0.25, -0.2) is 9.52 Å². The van der Waals surface area contributed by atoms with Crippen molar-refractivity contribution in [1.82, 2.24) is 15.0 Å². The number of nitrogens with one attached hydrogen (secondary N) is 3. The van der Waals surface area contributed by atoms with Crippen LogP contribution < -0.4 is 15.4 Å². The van der Waals surface area contributed by atoms with Crippen LogP contribution in [0, 0.1) is 20.8 Å². The predicted octanol–water partition coefficient (Wildman–Crippen LogP) is 5.70. The van der Waals surface area contributed by atoms with Crippen LogP contribution in [0.25, 0.3) is 11.1 Å². The number of benzene rings is 3. The van der Waals surface area contributed by atoms with Gasteiger partial charge in [0.25, 0.3) is 0 Å². The maximum atomic E-state index is 12.3. The Morgan fingerprint density at radius 1 is 0.905 bits per heavy atom. The van der Waals surface area contributed by atoms with E-state index in [0.717, 1.165) is 38.4 Å². The van der Waals surface area contributed by atoms with Crippen LogP contribution in [-0.2, 0) is 27.3 Å². The number of nitrogens with zero attached hydrogens (tertiary/aromatic N) is 1. The number of carboxylic acid groups (broad SMARTS) is 1. The number of amides is 2. The molecule has 1 unspecified atom stereocenters. The van der Waals surface area contributed by atoms with Crippen LogP contribution in [0.15, 0.2) is 90.0 Å². The number of carbonyl (C=O) groups is 2. The minimum atomic E-state index is -0.894. The van der Waals surface area contributed by atoms with Crippen molar-refractivity contribution < 1.29 is 24.3 Å². The average molecular weight is 585 g/mol. The molecule has 0 saturated heterocycles. The maximum Gasteiger partial charge on any atom is 0.373 e. The van der Waals surface area contributed by atoms with Gasteiger partial charge in [-0.2, -0.15) is 9.59 Å². The van der Waals surface area contributed by atoms with E-state index >= 15 is 0 Å². The highest BCUT2D eigenvalue weighted by molar-refractivity contribution is 7.97. The second-order valence-electron chi connectivity index (χ2n) is 9.53. The molecule has 42 heavy (non-hydrogen) atoms. The molecule has 4 rings (SSSR count). The Kier molecular flexibility index (Phi) is 12.0. The van der Waals surface area contributed by atoms with Crippen LogP contribution in [0.1, 0.15) is 27.9 Å². The molecule has 0 radical (unpaired) electrons. The first kappa shape index (κ1) is 31.8. The van der Waals surface area contributed by atoms with Crippen molar-refractivity contribution in [3.05, 3.63) is 113 Å². The molecule has 0 aliphatic carbocycles. The normalized spacial score (nSPS) is 10.9. The highest BCUT2D eigenvalue weighted by Crippen LogP contribution is 2.27.